The molecular weight excluding hydrogens is 180 g/mol. The van der Waals surface area contributed by atoms with Gasteiger partial charge in [-0.1, -0.05) is 18.2 Å². The Morgan fingerprint density at radius 3 is 2.82 bits per heavy atom. The smallest absolute Gasteiger partial charge is 0.195 e. The molecule has 0 aromatic carbocycles. The molecular formula is C8H7ClOS. The molecule has 0 spiro atoms. The van der Waals surface area contributed by atoms with Gasteiger partial charge >= 0.3 is 0 Å². The topological polar surface area (TPSA) is 17.1 Å². The fourth-order valence-electron chi connectivity index (χ4n) is 0.682. The van der Waals surface area contributed by atoms with Crippen molar-refractivity contribution in [1.82, 2.24) is 0 Å². The van der Waals surface area contributed by atoms with Gasteiger partial charge in [-0.25, -0.2) is 0 Å². The van der Waals surface area contributed by atoms with Gasteiger partial charge in [-0.05, 0) is 24.6 Å². The van der Waals surface area contributed by atoms with Gasteiger partial charge < -0.3 is 0 Å². The Labute approximate surface area is 74.3 Å². The maximum absolute atomic E-state index is 11.0. The molecule has 0 N–H and O–H groups in total. The first-order valence-corrected chi connectivity index (χ1v) is 4.27. The van der Waals surface area contributed by atoms with Crippen molar-refractivity contribution in [3.8, 4) is 0 Å². The van der Waals surface area contributed by atoms with E-state index in [1.807, 2.05) is 6.92 Å². The molecule has 3 heteroatoms. The van der Waals surface area contributed by atoms with Crippen LogP contribution in [0.3, 0.4) is 0 Å². The van der Waals surface area contributed by atoms with E-state index >= 15 is 0 Å². The first-order chi connectivity index (χ1) is 5.15. The molecule has 1 aromatic heterocycles. The van der Waals surface area contributed by atoms with Crippen LogP contribution in [0.5, 0.6) is 0 Å². The quantitative estimate of drug-likeness (QED) is 0.513. The summed E-state index contributed by atoms with van der Waals surface area (Å²) in [5, 5.41) is 0. The summed E-state index contributed by atoms with van der Waals surface area (Å²) in [4.78, 5) is 11.7. The van der Waals surface area contributed by atoms with E-state index in [0.29, 0.717) is 9.21 Å². The van der Waals surface area contributed by atoms with E-state index in [-0.39, 0.29) is 5.78 Å². The van der Waals surface area contributed by atoms with E-state index in [1.165, 1.54) is 17.4 Å². The molecule has 0 saturated heterocycles. The van der Waals surface area contributed by atoms with Gasteiger partial charge in [0.2, 0.25) is 0 Å². The summed E-state index contributed by atoms with van der Waals surface area (Å²) in [6.07, 6.45) is 1.29. The number of hydrogen-bond acceptors (Lipinski definition) is 2. The van der Waals surface area contributed by atoms with Crippen molar-refractivity contribution in [1.29, 1.82) is 0 Å². The third-order valence-corrected chi connectivity index (χ3v) is 2.86. The number of carbonyl (C=O) groups excluding carboxylic acids is 1. The minimum atomic E-state index is -0.0648. The molecule has 0 amide bonds. The van der Waals surface area contributed by atoms with Crippen molar-refractivity contribution in [3.05, 3.63) is 33.5 Å². The number of ketones is 1. The van der Waals surface area contributed by atoms with Crippen LogP contribution in [0, 0.1) is 6.92 Å². The monoisotopic (exact) mass is 186 g/mol. The minimum absolute atomic E-state index is 0.0648. The van der Waals surface area contributed by atoms with E-state index in [1.54, 1.807) is 6.07 Å². The number of halogens is 1. The van der Waals surface area contributed by atoms with E-state index in [9.17, 15) is 4.79 Å². The molecule has 1 nitrogen and oxygen atoms in total. The van der Waals surface area contributed by atoms with Gasteiger partial charge in [0, 0.05) is 0 Å². The van der Waals surface area contributed by atoms with Crippen molar-refractivity contribution >= 4 is 28.7 Å². The molecule has 0 unspecified atom stereocenters. The molecule has 0 aliphatic rings. The first kappa shape index (κ1) is 8.50. The van der Waals surface area contributed by atoms with E-state index < -0.39 is 0 Å². The highest BCUT2D eigenvalue weighted by molar-refractivity contribution is 7.18. The van der Waals surface area contributed by atoms with Crippen molar-refractivity contribution in [3.63, 3.8) is 0 Å². The zero-order valence-electron chi connectivity index (χ0n) is 6.06. The SMILES string of the molecule is C=CC(=O)c1cc(C)c(Cl)s1. The predicted octanol–water partition coefficient (Wildman–Crippen LogP) is 3.08. The number of aryl methyl sites for hydroxylation is 1. The largest absolute Gasteiger partial charge is 0.288 e. The molecule has 0 radical (unpaired) electrons. The third kappa shape index (κ3) is 1.70. The van der Waals surface area contributed by atoms with Gasteiger partial charge in [0.05, 0.1) is 9.21 Å². The van der Waals surface area contributed by atoms with Crippen LogP contribution < -0.4 is 0 Å². The molecule has 1 aromatic rings. The summed E-state index contributed by atoms with van der Waals surface area (Å²) in [7, 11) is 0. The standard InChI is InChI=1S/C8H7ClOS/c1-3-6(10)7-4-5(2)8(9)11-7/h3-4H,1H2,2H3. The zero-order chi connectivity index (χ0) is 8.43. The maximum Gasteiger partial charge on any atom is 0.195 e. The van der Waals surface area contributed by atoms with Crippen LogP contribution in [0.2, 0.25) is 4.34 Å². The molecule has 1 heterocycles. The Kier molecular flexibility index (Phi) is 2.47. The molecule has 11 heavy (non-hydrogen) atoms. The molecule has 58 valence electrons. The highest BCUT2D eigenvalue weighted by Gasteiger charge is 2.07. The summed E-state index contributed by atoms with van der Waals surface area (Å²) in [6.45, 7) is 5.26. The lowest BCUT2D eigenvalue weighted by molar-refractivity contribution is 0.105. The lowest BCUT2D eigenvalue weighted by Gasteiger charge is -1.82. The lowest BCUT2D eigenvalue weighted by Crippen LogP contribution is -1.86. The van der Waals surface area contributed by atoms with Gasteiger partial charge in [0.25, 0.3) is 0 Å². The summed E-state index contributed by atoms with van der Waals surface area (Å²) >= 11 is 7.05. The molecule has 1 rings (SSSR count). The van der Waals surface area contributed by atoms with Gasteiger partial charge in [-0.2, -0.15) is 0 Å². The second kappa shape index (κ2) is 3.20. The number of hydrogen-bond donors (Lipinski definition) is 0. The van der Waals surface area contributed by atoms with Crippen LogP contribution in [-0.2, 0) is 0 Å². The van der Waals surface area contributed by atoms with Gasteiger partial charge in [0.15, 0.2) is 5.78 Å². The summed E-state index contributed by atoms with van der Waals surface area (Å²) in [5.41, 5.74) is 0.946. The number of allylic oxidation sites excluding steroid dienone is 1. The number of thiophene rings is 1. The zero-order valence-corrected chi connectivity index (χ0v) is 7.63. The highest BCUT2D eigenvalue weighted by atomic mass is 35.5. The number of rotatable bonds is 2. The summed E-state index contributed by atoms with van der Waals surface area (Å²) in [5.74, 6) is -0.0648. The van der Waals surface area contributed by atoms with Gasteiger partial charge in [-0.3, -0.25) is 4.79 Å². The second-order valence-electron chi connectivity index (χ2n) is 2.14. The highest BCUT2D eigenvalue weighted by Crippen LogP contribution is 2.26. The van der Waals surface area contributed by atoms with Crippen molar-refractivity contribution in [2.45, 2.75) is 6.92 Å². The Hall–Kier alpha value is -0.600. The fraction of sp³-hybridized carbons (Fsp3) is 0.125. The average Bonchev–Trinajstić information content (AvgIpc) is 2.31. The Morgan fingerprint density at radius 1 is 1.82 bits per heavy atom. The normalized spacial score (nSPS) is 9.64. The molecule has 0 fully saturated rings. The second-order valence-corrected chi connectivity index (χ2v) is 3.79. The summed E-state index contributed by atoms with van der Waals surface area (Å²) < 4.78 is 0.676. The van der Waals surface area contributed by atoms with Crippen LogP contribution in [0.4, 0.5) is 0 Å². The molecule has 0 atom stereocenters. The Bertz CT molecular complexity index is 282. The molecule has 0 aliphatic heterocycles. The van der Waals surface area contributed by atoms with Crippen LogP contribution >= 0.6 is 22.9 Å². The molecule has 0 aliphatic carbocycles. The van der Waals surface area contributed by atoms with Crippen molar-refractivity contribution in [2.75, 3.05) is 0 Å². The van der Waals surface area contributed by atoms with Crippen LogP contribution in [0.1, 0.15) is 15.2 Å². The third-order valence-electron chi connectivity index (χ3n) is 1.29. The van der Waals surface area contributed by atoms with E-state index in [4.69, 9.17) is 11.6 Å². The van der Waals surface area contributed by atoms with Crippen LogP contribution in [0.25, 0.3) is 0 Å². The van der Waals surface area contributed by atoms with Crippen LogP contribution in [-0.4, -0.2) is 5.78 Å². The van der Waals surface area contributed by atoms with E-state index in [2.05, 4.69) is 6.58 Å². The van der Waals surface area contributed by atoms with Crippen molar-refractivity contribution in [2.24, 2.45) is 0 Å². The van der Waals surface area contributed by atoms with E-state index in [0.717, 1.165) is 5.56 Å². The fourth-order valence-corrected chi connectivity index (χ4v) is 1.82. The van der Waals surface area contributed by atoms with Crippen molar-refractivity contribution < 1.29 is 4.79 Å². The number of carbonyl (C=O) groups is 1. The molecule has 0 bridgehead atoms. The molecule has 0 saturated carbocycles. The van der Waals surface area contributed by atoms with Crippen LogP contribution in [0.15, 0.2) is 18.7 Å². The van der Waals surface area contributed by atoms with Gasteiger partial charge in [-0.15, -0.1) is 11.3 Å². The Morgan fingerprint density at radius 2 is 2.45 bits per heavy atom. The minimum Gasteiger partial charge on any atom is -0.288 e. The lowest BCUT2D eigenvalue weighted by atomic mass is 10.3. The first-order valence-electron chi connectivity index (χ1n) is 3.08. The maximum atomic E-state index is 11.0. The average molecular weight is 187 g/mol. The summed E-state index contributed by atoms with van der Waals surface area (Å²) in [6, 6.07) is 1.77. The Balaban J connectivity index is 3.06. The van der Waals surface area contributed by atoms with Gasteiger partial charge in [0.1, 0.15) is 0 Å². The predicted molar refractivity (Wildman–Crippen MR) is 48.6 cm³/mol.